The van der Waals surface area contributed by atoms with E-state index in [0.717, 1.165) is 9.88 Å². The Morgan fingerprint density at radius 3 is 2.50 bits per heavy atom. The van der Waals surface area contributed by atoms with Crippen molar-refractivity contribution in [2.45, 2.75) is 5.75 Å². The van der Waals surface area contributed by atoms with Gasteiger partial charge >= 0.3 is 0 Å². The standard InChI is InChI=1S/C16H12BrNO3S/c17-14-7-3-1-5-11(14)9-22(20,21)10-13-12-6-2-4-8-15(12)18-16(13)19/h1-8,10H,9H2,(H,18,19). The van der Waals surface area contributed by atoms with Gasteiger partial charge in [0.15, 0.2) is 9.84 Å². The zero-order chi connectivity index (χ0) is 15.7. The normalized spacial score (nSPS) is 15.7. The minimum absolute atomic E-state index is 0.159. The van der Waals surface area contributed by atoms with Crippen LogP contribution in [0.4, 0.5) is 5.69 Å². The van der Waals surface area contributed by atoms with Gasteiger partial charge in [0.2, 0.25) is 0 Å². The van der Waals surface area contributed by atoms with E-state index in [0.29, 0.717) is 16.8 Å². The molecule has 3 rings (SSSR count). The van der Waals surface area contributed by atoms with E-state index in [1.165, 1.54) is 0 Å². The lowest BCUT2D eigenvalue weighted by Crippen LogP contribution is -2.07. The number of benzene rings is 2. The lowest BCUT2D eigenvalue weighted by atomic mass is 10.1. The first-order chi connectivity index (χ1) is 10.5. The lowest BCUT2D eigenvalue weighted by Gasteiger charge is -2.04. The van der Waals surface area contributed by atoms with Crippen molar-refractivity contribution in [3.05, 3.63) is 69.5 Å². The van der Waals surface area contributed by atoms with Crippen molar-refractivity contribution in [2.24, 2.45) is 0 Å². The minimum atomic E-state index is -3.57. The molecule has 0 spiro atoms. The van der Waals surface area contributed by atoms with Gasteiger partial charge in [-0.15, -0.1) is 0 Å². The monoisotopic (exact) mass is 377 g/mol. The van der Waals surface area contributed by atoms with E-state index in [2.05, 4.69) is 21.2 Å². The molecule has 6 heteroatoms. The van der Waals surface area contributed by atoms with Crippen LogP contribution in [0.3, 0.4) is 0 Å². The zero-order valence-corrected chi connectivity index (χ0v) is 13.8. The van der Waals surface area contributed by atoms with Gasteiger partial charge in [-0.05, 0) is 17.7 Å². The molecule has 1 N–H and O–H groups in total. The van der Waals surface area contributed by atoms with Crippen LogP contribution >= 0.6 is 15.9 Å². The van der Waals surface area contributed by atoms with Crippen LogP contribution in [0.1, 0.15) is 11.1 Å². The fourth-order valence-corrected chi connectivity index (χ4v) is 4.28. The van der Waals surface area contributed by atoms with Crippen LogP contribution in [0.15, 0.2) is 58.4 Å². The topological polar surface area (TPSA) is 63.2 Å². The highest BCUT2D eigenvalue weighted by Crippen LogP contribution is 2.32. The SMILES string of the molecule is O=C1Nc2ccccc2C1=CS(=O)(=O)Cc1ccccc1Br. The number of carbonyl (C=O) groups is 1. The molecule has 0 unspecified atom stereocenters. The highest BCUT2D eigenvalue weighted by molar-refractivity contribution is 9.10. The van der Waals surface area contributed by atoms with E-state index in [1.807, 2.05) is 6.07 Å². The Kier molecular flexibility index (Phi) is 3.88. The Morgan fingerprint density at radius 1 is 1.05 bits per heavy atom. The van der Waals surface area contributed by atoms with Gasteiger partial charge in [-0.2, -0.15) is 0 Å². The van der Waals surface area contributed by atoms with Gasteiger partial charge in [0, 0.05) is 21.1 Å². The van der Waals surface area contributed by atoms with Crippen molar-refractivity contribution in [3.8, 4) is 0 Å². The molecule has 1 aliphatic rings. The molecule has 4 nitrogen and oxygen atoms in total. The van der Waals surface area contributed by atoms with Crippen LogP contribution in [0.25, 0.3) is 5.57 Å². The summed E-state index contributed by atoms with van der Waals surface area (Å²) >= 11 is 3.33. The Bertz CT molecular complexity index is 888. The maximum Gasteiger partial charge on any atom is 0.257 e. The predicted molar refractivity (Wildman–Crippen MR) is 89.8 cm³/mol. The van der Waals surface area contributed by atoms with Gasteiger partial charge in [-0.1, -0.05) is 52.3 Å². The molecular formula is C16H12BrNO3S. The second kappa shape index (κ2) is 5.70. The van der Waals surface area contributed by atoms with Gasteiger partial charge in [-0.3, -0.25) is 4.79 Å². The molecule has 22 heavy (non-hydrogen) atoms. The number of nitrogens with one attached hydrogen (secondary N) is 1. The Hall–Kier alpha value is -1.92. The summed E-state index contributed by atoms with van der Waals surface area (Å²) in [6.45, 7) is 0. The summed E-state index contributed by atoms with van der Waals surface area (Å²) in [5, 5.41) is 3.73. The highest BCUT2D eigenvalue weighted by atomic mass is 79.9. The quantitative estimate of drug-likeness (QED) is 0.834. The van der Waals surface area contributed by atoms with Crippen molar-refractivity contribution < 1.29 is 13.2 Å². The third-order valence-corrected chi connectivity index (χ3v) is 5.40. The number of fused-ring (bicyclic) bond motifs is 1. The van der Waals surface area contributed by atoms with Crippen LogP contribution in [-0.4, -0.2) is 14.3 Å². The molecule has 2 aromatic carbocycles. The summed E-state index contributed by atoms with van der Waals surface area (Å²) in [7, 11) is -3.57. The highest BCUT2D eigenvalue weighted by Gasteiger charge is 2.26. The Morgan fingerprint density at radius 2 is 1.73 bits per heavy atom. The summed E-state index contributed by atoms with van der Waals surface area (Å²) in [6, 6.07) is 14.2. The number of para-hydroxylation sites is 1. The maximum absolute atomic E-state index is 12.4. The first-order valence-corrected chi connectivity index (χ1v) is 9.06. The summed E-state index contributed by atoms with van der Waals surface area (Å²) in [6.07, 6.45) is 0. The van der Waals surface area contributed by atoms with Gasteiger partial charge in [0.1, 0.15) is 0 Å². The third kappa shape index (κ3) is 2.98. The van der Waals surface area contributed by atoms with E-state index in [9.17, 15) is 13.2 Å². The average Bonchev–Trinajstić information content (AvgIpc) is 2.77. The van der Waals surface area contributed by atoms with Crippen LogP contribution in [-0.2, 0) is 20.4 Å². The van der Waals surface area contributed by atoms with Gasteiger partial charge < -0.3 is 5.32 Å². The van der Waals surface area contributed by atoms with E-state index in [1.54, 1.807) is 42.5 Å². The van der Waals surface area contributed by atoms with Gasteiger partial charge in [0.05, 0.1) is 11.3 Å². The molecule has 0 fully saturated rings. The predicted octanol–water partition coefficient (Wildman–Crippen LogP) is 3.36. The largest absolute Gasteiger partial charge is 0.321 e. The van der Waals surface area contributed by atoms with Gasteiger partial charge in [-0.25, -0.2) is 8.42 Å². The second-order valence-corrected chi connectivity index (χ2v) is 7.63. The first-order valence-electron chi connectivity index (χ1n) is 6.55. The lowest BCUT2D eigenvalue weighted by molar-refractivity contribution is -0.110. The number of sulfone groups is 1. The van der Waals surface area contributed by atoms with Crippen molar-refractivity contribution in [1.82, 2.24) is 0 Å². The van der Waals surface area contributed by atoms with Crippen LogP contribution < -0.4 is 5.32 Å². The molecule has 0 radical (unpaired) electrons. The number of amides is 1. The summed E-state index contributed by atoms with van der Waals surface area (Å²) in [4.78, 5) is 12.0. The number of anilines is 1. The molecule has 0 aromatic heterocycles. The molecule has 0 saturated heterocycles. The third-order valence-electron chi connectivity index (χ3n) is 3.32. The molecule has 0 bridgehead atoms. The number of hydrogen-bond donors (Lipinski definition) is 1. The first kappa shape index (κ1) is 15.0. The average molecular weight is 378 g/mol. The van der Waals surface area contributed by atoms with Crippen LogP contribution in [0.2, 0.25) is 0 Å². The second-order valence-electron chi connectivity index (χ2n) is 4.93. The van der Waals surface area contributed by atoms with E-state index in [-0.39, 0.29) is 11.3 Å². The molecule has 2 aromatic rings. The Labute approximate surface area is 136 Å². The van der Waals surface area contributed by atoms with E-state index in [4.69, 9.17) is 0 Å². The maximum atomic E-state index is 12.4. The van der Waals surface area contributed by atoms with Crippen molar-refractivity contribution >= 4 is 42.9 Å². The van der Waals surface area contributed by atoms with Crippen molar-refractivity contribution in [3.63, 3.8) is 0 Å². The molecular weight excluding hydrogens is 366 g/mol. The molecule has 1 amide bonds. The summed E-state index contributed by atoms with van der Waals surface area (Å²) in [5.41, 5.74) is 2.09. The van der Waals surface area contributed by atoms with Crippen molar-refractivity contribution in [2.75, 3.05) is 5.32 Å². The number of halogens is 1. The molecule has 112 valence electrons. The molecule has 0 atom stereocenters. The molecule has 0 saturated carbocycles. The Balaban J connectivity index is 1.98. The molecule has 1 aliphatic heterocycles. The van der Waals surface area contributed by atoms with Crippen LogP contribution in [0.5, 0.6) is 0 Å². The number of rotatable bonds is 3. The summed E-state index contributed by atoms with van der Waals surface area (Å²) in [5.74, 6) is -0.551. The fourth-order valence-electron chi connectivity index (χ4n) is 2.31. The molecule has 0 aliphatic carbocycles. The fraction of sp³-hybridized carbons (Fsp3) is 0.0625. The molecule has 1 heterocycles. The van der Waals surface area contributed by atoms with Gasteiger partial charge in [0.25, 0.3) is 5.91 Å². The number of carbonyl (C=O) groups excluding carboxylic acids is 1. The van der Waals surface area contributed by atoms with Crippen LogP contribution in [0, 0.1) is 0 Å². The minimum Gasteiger partial charge on any atom is -0.321 e. The van der Waals surface area contributed by atoms with E-state index < -0.39 is 15.7 Å². The number of hydrogen-bond acceptors (Lipinski definition) is 3. The summed E-state index contributed by atoms with van der Waals surface area (Å²) < 4.78 is 25.5. The van der Waals surface area contributed by atoms with Crippen molar-refractivity contribution in [1.29, 1.82) is 0 Å². The van der Waals surface area contributed by atoms with E-state index >= 15 is 0 Å². The smallest absolute Gasteiger partial charge is 0.257 e. The zero-order valence-electron chi connectivity index (χ0n) is 11.4.